The van der Waals surface area contributed by atoms with Crippen molar-refractivity contribution in [2.24, 2.45) is 11.8 Å². The summed E-state index contributed by atoms with van der Waals surface area (Å²) < 4.78 is 18.3. The van der Waals surface area contributed by atoms with Gasteiger partial charge in [-0.3, -0.25) is 0 Å². The molecule has 5 nitrogen and oxygen atoms in total. The first-order chi connectivity index (χ1) is 12.1. The third kappa shape index (κ3) is 3.51. The molecule has 7 heteroatoms. The van der Waals surface area contributed by atoms with Crippen LogP contribution < -0.4 is 10.6 Å². The van der Waals surface area contributed by atoms with Gasteiger partial charge < -0.3 is 15.2 Å². The number of hydrogen-bond acceptors (Lipinski definition) is 4. The highest BCUT2D eigenvalue weighted by Gasteiger charge is 2.39. The molecule has 0 amide bonds. The molecule has 2 aliphatic carbocycles. The van der Waals surface area contributed by atoms with Crippen molar-refractivity contribution in [3.05, 3.63) is 36.0 Å². The van der Waals surface area contributed by atoms with Gasteiger partial charge >= 0.3 is 0 Å². The van der Waals surface area contributed by atoms with Crippen molar-refractivity contribution in [2.45, 2.75) is 44.7 Å². The van der Waals surface area contributed by atoms with Gasteiger partial charge in [0.15, 0.2) is 5.11 Å². The molecule has 0 unspecified atom stereocenters. The molecule has 2 aliphatic rings. The number of rotatable bonds is 4. The summed E-state index contributed by atoms with van der Waals surface area (Å²) in [7, 11) is 0. The van der Waals surface area contributed by atoms with Gasteiger partial charge in [0.1, 0.15) is 11.9 Å². The average molecular weight is 360 g/mol. The molecule has 0 spiro atoms. The Kier molecular flexibility index (Phi) is 4.41. The Bertz CT molecular complexity index is 763. The molecule has 2 fully saturated rings. The third-order valence-corrected chi connectivity index (χ3v) is 5.55. The summed E-state index contributed by atoms with van der Waals surface area (Å²) in [6, 6.07) is 6.30. The maximum absolute atomic E-state index is 13.0. The molecular formula is C18H21FN4OS. The highest BCUT2D eigenvalue weighted by atomic mass is 32.1. The maximum atomic E-state index is 13.0. The molecule has 2 saturated carbocycles. The van der Waals surface area contributed by atoms with Gasteiger partial charge in [0.05, 0.1) is 0 Å². The predicted molar refractivity (Wildman–Crippen MR) is 96.2 cm³/mol. The fourth-order valence-electron chi connectivity index (χ4n) is 4.02. The molecule has 0 saturated heterocycles. The summed E-state index contributed by atoms with van der Waals surface area (Å²) in [5.74, 6) is 2.23. The van der Waals surface area contributed by atoms with E-state index in [0.29, 0.717) is 28.4 Å². The molecule has 25 heavy (non-hydrogen) atoms. The van der Waals surface area contributed by atoms with E-state index < -0.39 is 0 Å². The molecule has 1 heterocycles. The molecule has 1 aromatic carbocycles. The van der Waals surface area contributed by atoms with Gasteiger partial charge in [-0.05, 0) is 74.5 Å². The summed E-state index contributed by atoms with van der Waals surface area (Å²) in [6.45, 7) is 1.93. The second-order valence-corrected chi connectivity index (χ2v) is 7.49. The van der Waals surface area contributed by atoms with Crippen LogP contribution in [0.15, 0.2) is 28.8 Å². The molecule has 0 aliphatic heterocycles. The number of benzene rings is 1. The molecule has 4 atom stereocenters. The van der Waals surface area contributed by atoms with Crippen LogP contribution in [0.1, 0.15) is 44.5 Å². The molecule has 132 valence electrons. The monoisotopic (exact) mass is 360 g/mol. The lowest BCUT2D eigenvalue weighted by atomic mass is 9.95. The van der Waals surface area contributed by atoms with Crippen LogP contribution in [0, 0.1) is 17.7 Å². The fourth-order valence-corrected chi connectivity index (χ4v) is 4.35. The van der Waals surface area contributed by atoms with Crippen LogP contribution in [-0.4, -0.2) is 21.3 Å². The number of nitrogens with zero attached hydrogens (tertiary/aromatic N) is 2. The number of fused-ring (bicyclic) bond motifs is 2. The van der Waals surface area contributed by atoms with Crippen LogP contribution in [0.25, 0.3) is 11.4 Å². The summed E-state index contributed by atoms with van der Waals surface area (Å²) in [4.78, 5) is 4.38. The lowest BCUT2D eigenvalue weighted by Crippen LogP contribution is -2.44. The average Bonchev–Trinajstić information content (AvgIpc) is 3.32. The van der Waals surface area contributed by atoms with E-state index in [9.17, 15) is 4.39 Å². The highest BCUT2D eigenvalue weighted by Crippen LogP contribution is 2.44. The van der Waals surface area contributed by atoms with Gasteiger partial charge in [0.2, 0.25) is 11.7 Å². The Morgan fingerprint density at radius 2 is 2.08 bits per heavy atom. The first kappa shape index (κ1) is 16.4. The first-order valence-corrected chi connectivity index (χ1v) is 9.16. The van der Waals surface area contributed by atoms with E-state index in [0.717, 1.165) is 11.8 Å². The van der Waals surface area contributed by atoms with Crippen molar-refractivity contribution in [3.63, 3.8) is 0 Å². The van der Waals surface area contributed by atoms with Crippen molar-refractivity contribution in [1.29, 1.82) is 0 Å². The first-order valence-electron chi connectivity index (χ1n) is 8.75. The number of thiocarbonyl (C=S) groups is 1. The third-order valence-electron chi connectivity index (χ3n) is 5.32. The summed E-state index contributed by atoms with van der Waals surface area (Å²) in [6.07, 6.45) is 5.23. The quantitative estimate of drug-likeness (QED) is 0.813. The SMILES string of the molecule is C[C@H](NC(=S)N[C@@H]1C[C@H]2CC[C@H]1C2)c1nc(-c2ccc(F)cc2)no1. The van der Waals surface area contributed by atoms with Crippen LogP contribution in [-0.2, 0) is 0 Å². The molecule has 0 radical (unpaired) electrons. The fraction of sp³-hybridized carbons (Fsp3) is 0.500. The van der Waals surface area contributed by atoms with E-state index in [2.05, 4.69) is 20.8 Å². The zero-order chi connectivity index (χ0) is 17.4. The zero-order valence-electron chi connectivity index (χ0n) is 14.0. The number of nitrogens with one attached hydrogen (secondary N) is 2. The van der Waals surface area contributed by atoms with Crippen LogP contribution >= 0.6 is 12.2 Å². The smallest absolute Gasteiger partial charge is 0.249 e. The van der Waals surface area contributed by atoms with Crippen molar-refractivity contribution in [2.75, 3.05) is 0 Å². The van der Waals surface area contributed by atoms with E-state index in [1.54, 1.807) is 12.1 Å². The van der Waals surface area contributed by atoms with Crippen LogP contribution in [0.4, 0.5) is 4.39 Å². The van der Waals surface area contributed by atoms with Gasteiger partial charge in [0, 0.05) is 11.6 Å². The van der Waals surface area contributed by atoms with Gasteiger partial charge in [0.25, 0.3) is 0 Å². The van der Waals surface area contributed by atoms with E-state index in [1.807, 2.05) is 6.92 Å². The van der Waals surface area contributed by atoms with Gasteiger partial charge in [-0.25, -0.2) is 4.39 Å². The summed E-state index contributed by atoms with van der Waals surface area (Å²) in [5.41, 5.74) is 0.714. The van der Waals surface area contributed by atoms with Crippen molar-refractivity contribution >= 4 is 17.3 Å². The van der Waals surface area contributed by atoms with E-state index in [-0.39, 0.29) is 11.9 Å². The Hall–Kier alpha value is -2.02. The van der Waals surface area contributed by atoms with Crippen molar-refractivity contribution < 1.29 is 8.91 Å². The molecule has 2 aromatic rings. The Balaban J connectivity index is 1.35. The van der Waals surface area contributed by atoms with Crippen molar-refractivity contribution in [3.8, 4) is 11.4 Å². The van der Waals surface area contributed by atoms with Crippen molar-refractivity contribution in [1.82, 2.24) is 20.8 Å². The van der Waals surface area contributed by atoms with Crippen LogP contribution in [0.3, 0.4) is 0 Å². The topological polar surface area (TPSA) is 63.0 Å². The Morgan fingerprint density at radius 1 is 1.28 bits per heavy atom. The largest absolute Gasteiger partial charge is 0.360 e. The number of halogens is 1. The minimum atomic E-state index is -0.292. The lowest BCUT2D eigenvalue weighted by molar-refractivity contribution is 0.350. The molecular weight excluding hydrogens is 339 g/mol. The standard InChI is InChI=1S/C18H21FN4OS/c1-10(20-18(25)21-15-9-11-2-3-13(15)8-11)17-22-16(23-24-17)12-4-6-14(19)7-5-12/h4-7,10-11,13,15H,2-3,8-9H2,1H3,(H2,20,21,25)/t10-,11-,13-,15+/m0/s1. The van der Waals surface area contributed by atoms with E-state index in [1.165, 1.54) is 37.8 Å². The molecule has 4 rings (SSSR count). The Morgan fingerprint density at radius 3 is 2.76 bits per heavy atom. The Labute approximate surface area is 151 Å². The second-order valence-electron chi connectivity index (χ2n) is 7.08. The molecule has 1 aromatic heterocycles. The second kappa shape index (κ2) is 6.71. The predicted octanol–water partition coefficient (Wildman–Crippen LogP) is 3.59. The maximum Gasteiger partial charge on any atom is 0.249 e. The number of aromatic nitrogens is 2. The van der Waals surface area contributed by atoms with Gasteiger partial charge in [-0.1, -0.05) is 11.6 Å². The van der Waals surface area contributed by atoms with Crippen LogP contribution in [0.2, 0.25) is 0 Å². The summed E-state index contributed by atoms with van der Waals surface area (Å²) in [5, 5.41) is 11.3. The molecule has 2 bridgehead atoms. The van der Waals surface area contributed by atoms with E-state index in [4.69, 9.17) is 16.7 Å². The normalized spacial score (nSPS) is 25.8. The summed E-state index contributed by atoms with van der Waals surface area (Å²) >= 11 is 5.44. The van der Waals surface area contributed by atoms with Gasteiger partial charge in [-0.2, -0.15) is 4.98 Å². The van der Waals surface area contributed by atoms with Gasteiger partial charge in [-0.15, -0.1) is 0 Å². The highest BCUT2D eigenvalue weighted by molar-refractivity contribution is 7.80. The number of hydrogen-bond donors (Lipinski definition) is 2. The van der Waals surface area contributed by atoms with E-state index >= 15 is 0 Å². The lowest BCUT2D eigenvalue weighted by Gasteiger charge is -2.25. The molecule has 2 N–H and O–H groups in total. The zero-order valence-corrected chi connectivity index (χ0v) is 14.9. The minimum Gasteiger partial charge on any atom is -0.360 e. The van der Waals surface area contributed by atoms with Crippen LogP contribution in [0.5, 0.6) is 0 Å². The minimum absolute atomic E-state index is 0.194.